The molecule has 138 valence electrons. The summed E-state index contributed by atoms with van der Waals surface area (Å²) in [6.45, 7) is 1.93. The Kier molecular flexibility index (Phi) is 5.78. The van der Waals surface area contributed by atoms with Crippen LogP contribution in [0.3, 0.4) is 0 Å². The standard InChI is InChI=1S/C21H17N5OS/c1-13-4-3-5-15(25-13)12-28-21-18(11-23)19(17(10-22)20(24)26-21)14-6-8-16(27-2)9-7-14/h3-9H,12H2,1-2H3,(H2,24,26). The number of aryl methyl sites for hydroxylation is 1. The molecule has 0 fully saturated rings. The van der Waals surface area contributed by atoms with Gasteiger partial charge >= 0.3 is 0 Å². The van der Waals surface area contributed by atoms with Crippen LogP contribution in [0.2, 0.25) is 0 Å². The Hall–Kier alpha value is -3.55. The van der Waals surface area contributed by atoms with Gasteiger partial charge in [0.05, 0.1) is 18.4 Å². The second-order valence-corrected chi connectivity index (χ2v) is 6.90. The molecule has 2 heterocycles. The zero-order valence-corrected chi connectivity index (χ0v) is 16.2. The van der Waals surface area contributed by atoms with Crippen molar-refractivity contribution in [2.75, 3.05) is 12.8 Å². The van der Waals surface area contributed by atoms with Crippen molar-refractivity contribution in [2.45, 2.75) is 17.7 Å². The van der Waals surface area contributed by atoms with E-state index in [-0.39, 0.29) is 11.4 Å². The molecule has 0 amide bonds. The first-order valence-electron chi connectivity index (χ1n) is 8.40. The number of nitrogen functional groups attached to an aromatic ring is 1. The lowest BCUT2D eigenvalue weighted by Crippen LogP contribution is -2.03. The lowest BCUT2D eigenvalue weighted by Gasteiger charge is -2.13. The van der Waals surface area contributed by atoms with Gasteiger partial charge in [-0.1, -0.05) is 30.0 Å². The molecule has 0 unspecified atom stereocenters. The Morgan fingerprint density at radius 1 is 1.04 bits per heavy atom. The summed E-state index contributed by atoms with van der Waals surface area (Å²) in [5.41, 5.74) is 9.56. The molecule has 0 atom stereocenters. The number of nitrogens with two attached hydrogens (primary N) is 1. The molecule has 0 radical (unpaired) electrons. The van der Waals surface area contributed by atoms with Crippen LogP contribution >= 0.6 is 11.8 Å². The Labute approximate surface area is 167 Å². The highest BCUT2D eigenvalue weighted by molar-refractivity contribution is 7.98. The first kappa shape index (κ1) is 19.2. The van der Waals surface area contributed by atoms with Gasteiger partial charge in [-0.05, 0) is 36.8 Å². The molecule has 0 aliphatic heterocycles. The van der Waals surface area contributed by atoms with Crippen LogP contribution in [0.5, 0.6) is 5.75 Å². The lowest BCUT2D eigenvalue weighted by atomic mass is 9.97. The number of aromatic nitrogens is 2. The summed E-state index contributed by atoms with van der Waals surface area (Å²) in [5, 5.41) is 19.9. The Balaban J connectivity index is 2.07. The molecule has 7 heteroatoms. The predicted molar refractivity (Wildman–Crippen MR) is 109 cm³/mol. The van der Waals surface area contributed by atoms with Crippen molar-refractivity contribution in [2.24, 2.45) is 0 Å². The molecule has 3 aromatic rings. The summed E-state index contributed by atoms with van der Waals surface area (Å²) >= 11 is 1.37. The number of thioether (sulfide) groups is 1. The van der Waals surface area contributed by atoms with Crippen molar-refractivity contribution in [3.8, 4) is 29.0 Å². The molecular weight excluding hydrogens is 370 g/mol. The van der Waals surface area contributed by atoms with Gasteiger partial charge in [0.1, 0.15) is 34.3 Å². The number of nitriles is 2. The fourth-order valence-electron chi connectivity index (χ4n) is 2.77. The van der Waals surface area contributed by atoms with E-state index in [2.05, 4.69) is 22.1 Å². The maximum absolute atomic E-state index is 9.82. The minimum absolute atomic E-state index is 0.104. The van der Waals surface area contributed by atoms with E-state index < -0.39 is 0 Å². The largest absolute Gasteiger partial charge is 0.497 e. The average Bonchev–Trinajstić information content (AvgIpc) is 2.71. The maximum Gasteiger partial charge on any atom is 0.143 e. The van der Waals surface area contributed by atoms with E-state index in [0.29, 0.717) is 33.2 Å². The topological polar surface area (TPSA) is 109 Å². The van der Waals surface area contributed by atoms with Crippen LogP contribution in [0.15, 0.2) is 47.5 Å². The molecule has 1 aromatic carbocycles. The van der Waals surface area contributed by atoms with Crippen LogP contribution in [0.1, 0.15) is 22.5 Å². The maximum atomic E-state index is 9.82. The molecule has 0 saturated carbocycles. The van der Waals surface area contributed by atoms with Crippen LogP contribution in [0.4, 0.5) is 5.82 Å². The van der Waals surface area contributed by atoms with E-state index in [4.69, 9.17) is 10.5 Å². The van der Waals surface area contributed by atoms with Crippen molar-refractivity contribution in [3.63, 3.8) is 0 Å². The third kappa shape index (κ3) is 3.90. The van der Waals surface area contributed by atoms with Gasteiger partial charge in [-0.25, -0.2) is 4.98 Å². The summed E-state index contributed by atoms with van der Waals surface area (Å²) in [6, 6.07) is 17.2. The Morgan fingerprint density at radius 3 is 2.36 bits per heavy atom. The van der Waals surface area contributed by atoms with Crippen molar-refractivity contribution >= 4 is 17.6 Å². The minimum Gasteiger partial charge on any atom is -0.497 e. The van der Waals surface area contributed by atoms with Crippen LogP contribution in [0, 0.1) is 29.6 Å². The molecule has 0 saturated heterocycles. The fourth-order valence-corrected chi connectivity index (χ4v) is 3.67. The number of hydrogen-bond acceptors (Lipinski definition) is 7. The average molecular weight is 387 g/mol. The number of benzene rings is 1. The van der Waals surface area contributed by atoms with Gasteiger partial charge < -0.3 is 10.5 Å². The first-order valence-corrected chi connectivity index (χ1v) is 9.39. The molecule has 0 aliphatic rings. The van der Waals surface area contributed by atoms with E-state index >= 15 is 0 Å². The molecule has 0 bridgehead atoms. The highest BCUT2D eigenvalue weighted by Crippen LogP contribution is 2.36. The number of ether oxygens (including phenoxy) is 1. The fraction of sp³-hybridized carbons (Fsp3) is 0.143. The number of rotatable bonds is 5. The molecule has 6 nitrogen and oxygen atoms in total. The Morgan fingerprint density at radius 2 is 1.75 bits per heavy atom. The van der Waals surface area contributed by atoms with Gasteiger partial charge in [-0.15, -0.1) is 0 Å². The SMILES string of the molecule is COc1ccc(-c2c(C#N)c(N)nc(SCc3cccc(C)n3)c2C#N)cc1. The molecule has 3 rings (SSSR count). The molecular formula is C21H17N5OS. The molecule has 2 N–H and O–H groups in total. The summed E-state index contributed by atoms with van der Waals surface area (Å²) in [7, 11) is 1.58. The normalized spacial score (nSPS) is 10.1. The first-order chi connectivity index (χ1) is 13.6. The molecule has 0 aliphatic carbocycles. The van der Waals surface area contributed by atoms with Crippen molar-refractivity contribution in [1.82, 2.24) is 9.97 Å². The summed E-state index contributed by atoms with van der Waals surface area (Å²) in [5.74, 6) is 1.33. The van der Waals surface area contributed by atoms with Crippen LogP contribution in [0.25, 0.3) is 11.1 Å². The van der Waals surface area contributed by atoms with Crippen LogP contribution < -0.4 is 10.5 Å². The van der Waals surface area contributed by atoms with E-state index in [9.17, 15) is 10.5 Å². The van der Waals surface area contributed by atoms with Crippen molar-refractivity contribution < 1.29 is 4.74 Å². The van der Waals surface area contributed by atoms with Crippen LogP contribution in [-0.4, -0.2) is 17.1 Å². The van der Waals surface area contributed by atoms with E-state index in [0.717, 1.165) is 11.4 Å². The number of nitrogens with zero attached hydrogens (tertiary/aromatic N) is 4. The van der Waals surface area contributed by atoms with Gasteiger partial charge in [0.25, 0.3) is 0 Å². The smallest absolute Gasteiger partial charge is 0.143 e. The monoisotopic (exact) mass is 387 g/mol. The minimum atomic E-state index is 0.104. The highest BCUT2D eigenvalue weighted by atomic mass is 32.2. The van der Waals surface area contributed by atoms with Gasteiger partial charge in [-0.3, -0.25) is 4.98 Å². The predicted octanol–water partition coefficient (Wildman–Crippen LogP) is 4.08. The third-order valence-corrected chi connectivity index (χ3v) is 5.11. The number of anilines is 1. The molecule has 0 spiro atoms. The highest BCUT2D eigenvalue weighted by Gasteiger charge is 2.20. The van der Waals surface area contributed by atoms with Crippen molar-refractivity contribution in [3.05, 3.63) is 65.0 Å². The van der Waals surface area contributed by atoms with Gasteiger partial charge in [0, 0.05) is 17.0 Å². The zero-order valence-electron chi connectivity index (χ0n) is 15.4. The second kappa shape index (κ2) is 8.43. The Bertz CT molecular complexity index is 1100. The summed E-state index contributed by atoms with van der Waals surface area (Å²) in [4.78, 5) is 8.79. The quantitative estimate of drug-likeness (QED) is 0.657. The van der Waals surface area contributed by atoms with Crippen molar-refractivity contribution in [1.29, 1.82) is 10.5 Å². The summed E-state index contributed by atoms with van der Waals surface area (Å²) in [6.07, 6.45) is 0. The van der Waals surface area contributed by atoms with E-state index in [1.807, 2.05) is 25.1 Å². The van der Waals surface area contributed by atoms with Gasteiger partial charge in [0.2, 0.25) is 0 Å². The van der Waals surface area contributed by atoms with Gasteiger partial charge in [0.15, 0.2) is 0 Å². The van der Waals surface area contributed by atoms with E-state index in [1.165, 1.54) is 11.8 Å². The molecule has 2 aromatic heterocycles. The van der Waals surface area contributed by atoms with E-state index in [1.54, 1.807) is 31.4 Å². The molecule has 28 heavy (non-hydrogen) atoms. The van der Waals surface area contributed by atoms with Crippen LogP contribution in [-0.2, 0) is 5.75 Å². The lowest BCUT2D eigenvalue weighted by molar-refractivity contribution is 0.415. The third-order valence-electron chi connectivity index (χ3n) is 4.10. The number of methoxy groups -OCH3 is 1. The number of hydrogen-bond donors (Lipinski definition) is 1. The second-order valence-electron chi connectivity index (χ2n) is 5.94. The number of pyridine rings is 2. The summed E-state index contributed by atoms with van der Waals surface area (Å²) < 4.78 is 5.18. The van der Waals surface area contributed by atoms with Gasteiger partial charge in [-0.2, -0.15) is 10.5 Å². The zero-order chi connectivity index (χ0) is 20.1.